The minimum atomic E-state index is -0.0394. The van der Waals surface area contributed by atoms with Crippen LogP contribution in [0.25, 0.3) is 0 Å². The normalized spacial score (nSPS) is 14.8. The number of rotatable bonds is 8. The molecule has 1 fully saturated rings. The zero-order chi connectivity index (χ0) is 17.6. The second kappa shape index (κ2) is 8.30. The maximum Gasteiger partial charge on any atom is 0.227 e. The number of carbonyl (C=O) groups excluding carboxylic acids is 2. The first-order valence-corrected chi connectivity index (χ1v) is 9.72. The molecule has 1 aliphatic carbocycles. The van der Waals surface area contributed by atoms with E-state index < -0.39 is 0 Å². The minimum absolute atomic E-state index is 0.0394. The third kappa shape index (κ3) is 5.43. The first-order valence-electron chi connectivity index (χ1n) is 8.84. The first-order chi connectivity index (χ1) is 12.1. The van der Waals surface area contributed by atoms with Crippen LogP contribution < -0.4 is 10.6 Å². The van der Waals surface area contributed by atoms with Crippen LogP contribution in [0, 0.1) is 5.92 Å². The molecule has 25 heavy (non-hydrogen) atoms. The van der Waals surface area contributed by atoms with Crippen LogP contribution in [-0.4, -0.2) is 11.8 Å². The highest BCUT2D eigenvalue weighted by Crippen LogP contribution is 2.30. The average molecular weight is 356 g/mol. The summed E-state index contributed by atoms with van der Waals surface area (Å²) >= 11 is 1.73. The quantitative estimate of drug-likeness (QED) is 0.741. The summed E-state index contributed by atoms with van der Waals surface area (Å²) in [6.07, 6.45) is 4.36. The van der Waals surface area contributed by atoms with Crippen LogP contribution in [0.5, 0.6) is 0 Å². The number of anilines is 1. The van der Waals surface area contributed by atoms with Crippen molar-refractivity contribution in [1.29, 1.82) is 0 Å². The summed E-state index contributed by atoms with van der Waals surface area (Å²) in [5, 5.41) is 8.03. The molecule has 0 spiro atoms. The summed E-state index contributed by atoms with van der Waals surface area (Å²) in [6.45, 7) is 1.98. The number of benzene rings is 1. The van der Waals surface area contributed by atoms with Gasteiger partial charge in [-0.1, -0.05) is 18.2 Å². The molecule has 2 amide bonds. The van der Waals surface area contributed by atoms with Gasteiger partial charge in [-0.15, -0.1) is 11.3 Å². The fourth-order valence-electron chi connectivity index (χ4n) is 2.72. The summed E-state index contributed by atoms with van der Waals surface area (Å²) < 4.78 is 0. The molecule has 1 heterocycles. The number of aryl methyl sites for hydroxylation is 1. The lowest BCUT2D eigenvalue weighted by molar-refractivity contribution is -0.121. The number of nitrogens with one attached hydrogen (secondary N) is 2. The van der Waals surface area contributed by atoms with E-state index in [0.29, 0.717) is 6.42 Å². The Morgan fingerprint density at radius 3 is 2.60 bits per heavy atom. The maximum absolute atomic E-state index is 12.1. The summed E-state index contributed by atoms with van der Waals surface area (Å²) in [7, 11) is 0. The van der Waals surface area contributed by atoms with Crippen LogP contribution in [0.1, 0.15) is 49.1 Å². The zero-order valence-corrected chi connectivity index (χ0v) is 15.3. The van der Waals surface area contributed by atoms with Gasteiger partial charge in [0.05, 0.1) is 6.04 Å². The fraction of sp³-hybridized carbons (Fsp3) is 0.400. The van der Waals surface area contributed by atoms with Crippen molar-refractivity contribution in [2.75, 3.05) is 5.32 Å². The summed E-state index contributed by atoms with van der Waals surface area (Å²) in [5.74, 6) is 0.391. The van der Waals surface area contributed by atoms with Crippen molar-refractivity contribution < 1.29 is 9.59 Å². The minimum Gasteiger partial charge on any atom is -0.350 e. The lowest BCUT2D eigenvalue weighted by atomic mass is 10.1. The predicted molar refractivity (Wildman–Crippen MR) is 102 cm³/mol. The standard InChI is InChI=1S/C20H24N2O2S/c1-14(21-19(23)6-2-4-18-5-3-13-25-18)15-9-11-17(12-10-15)22-20(24)16-7-8-16/h3,5,9-14,16H,2,4,6-8H2,1H3,(H,21,23)(H,22,24). The molecular weight excluding hydrogens is 332 g/mol. The van der Waals surface area contributed by atoms with Gasteiger partial charge in [0.2, 0.25) is 11.8 Å². The van der Waals surface area contributed by atoms with Crippen molar-refractivity contribution in [2.45, 2.75) is 45.1 Å². The van der Waals surface area contributed by atoms with Crippen LogP contribution in [0.15, 0.2) is 41.8 Å². The van der Waals surface area contributed by atoms with Gasteiger partial charge in [0, 0.05) is 22.9 Å². The van der Waals surface area contributed by atoms with Crippen LogP contribution in [-0.2, 0) is 16.0 Å². The van der Waals surface area contributed by atoms with E-state index in [1.54, 1.807) is 11.3 Å². The van der Waals surface area contributed by atoms with Gasteiger partial charge in [-0.2, -0.15) is 0 Å². The fourth-order valence-corrected chi connectivity index (χ4v) is 3.47. The number of hydrogen-bond donors (Lipinski definition) is 2. The summed E-state index contributed by atoms with van der Waals surface area (Å²) in [6, 6.07) is 11.8. The molecule has 132 valence electrons. The molecule has 3 rings (SSSR count). The second-order valence-electron chi connectivity index (χ2n) is 6.61. The SMILES string of the molecule is CC(NC(=O)CCCc1cccs1)c1ccc(NC(=O)C2CC2)cc1. The summed E-state index contributed by atoms with van der Waals surface area (Å²) in [4.78, 5) is 25.2. The van der Waals surface area contributed by atoms with Gasteiger partial charge in [-0.25, -0.2) is 0 Å². The van der Waals surface area contributed by atoms with Gasteiger partial charge < -0.3 is 10.6 Å². The zero-order valence-electron chi connectivity index (χ0n) is 14.5. The van der Waals surface area contributed by atoms with Crippen LogP contribution in [0.4, 0.5) is 5.69 Å². The molecule has 0 radical (unpaired) electrons. The first kappa shape index (κ1) is 17.7. The molecule has 1 unspecified atom stereocenters. The molecule has 5 heteroatoms. The number of carbonyl (C=O) groups is 2. The topological polar surface area (TPSA) is 58.2 Å². The van der Waals surface area contributed by atoms with Crippen molar-refractivity contribution in [1.82, 2.24) is 5.32 Å². The number of hydrogen-bond acceptors (Lipinski definition) is 3. The Morgan fingerprint density at radius 1 is 1.20 bits per heavy atom. The van der Waals surface area contributed by atoms with Crippen molar-refractivity contribution in [2.24, 2.45) is 5.92 Å². The van der Waals surface area contributed by atoms with Crippen LogP contribution in [0.2, 0.25) is 0 Å². The highest BCUT2D eigenvalue weighted by Gasteiger charge is 2.29. The number of amides is 2. The van der Waals surface area contributed by atoms with Gasteiger partial charge in [0.15, 0.2) is 0 Å². The molecule has 0 bridgehead atoms. The maximum atomic E-state index is 12.1. The largest absolute Gasteiger partial charge is 0.350 e. The van der Waals surface area contributed by atoms with E-state index in [-0.39, 0.29) is 23.8 Å². The van der Waals surface area contributed by atoms with Gasteiger partial charge in [0.1, 0.15) is 0 Å². The molecule has 2 N–H and O–H groups in total. The Kier molecular flexibility index (Phi) is 5.87. The second-order valence-corrected chi connectivity index (χ2v) is 7.64. The van der Waals surface area contributed by atoms with Crippen molar-refractivity contribution in [3.63, 3.8) is 0 Å². The Morgan fingerprint density at radius 2 is 1.96 bits per heavy atom. The van der Waals surface area contributed by atoms with Crippen molar-refractivity contribution in [3.05, 3.63) is 52.2 Å². The molecular formula is C20H24N2O2S. The van der Waals surface area contributed by atoms with E-state index in [4.69, 9.17) is 0 Å². The van der Waals surface area contributed by atoms with E-state index in [0.717, 1.165) is 36.9 Å². The highest BCUT2D eigenvalue weighted by atomic mass is 32.1. The van der Waals surface area contributed by atoms with Gasteiger partial charge >= 0.3 is 0 Å². The van der Waals surface area contributed by atoms with Crippen molar-refractivity contribution in [3.8, 4) is 0 Å². The molecule has 0 saturated heterocycles. The van der Waals surface area contributed by atoms with Crippen molar-refractivity contribution >= 4 is 28.8 Å². The molecule has 2 aromatic rings. The Balaban J connectivity index is 1.42. The van der Waals surface area contributed by atoms with Crippen LogP contribution >= 0.6 is 11.3 Å². The average Bonchev–Trinajstić information content (AvgIpc) is 3.33. The molecule has 1 aromatic carbocycles. The van der Waals surface area contributed by atoms with E-state index in [1.807, 2.05) is 37.3 Å². The Labute approximate surface area is 152 Å². The molecule has 1 saturated carbocycles. The third-order valence-electron chi connectivity index (χ3n) is 4.41. The predicted octanol–water partition coefficient (Wildman–Crippen LogP) is 4.30. The van der Waals surface area contributed by atoms with Gasteiger partial charge in [-0.05, 0) is 61.7 Å². The molecule has 1 aliphatic rings. The molecule has 1 atom stereocenters. The van der Waals surface area contributed by atoms with E-state index in [2.05, 4.69) is 22.1 Å². The monoisotopic (exact) mass is 356 g/mol. The van der Waals surface area contributed by atoms with E-state index in [1.165, 1.54) is 4.88 Å². The van der Waals surface area contributed by atoms with E-state index >= 15 is 0 Å². The van der Waals surface area contributed by atoms with E-state index in [9.17, 15) is 9.59 Å². The smallest absolute Gasteiger partial charge is 0.227 e. The Hall–Kier alpha value is -2.14. The summed E-state index contributed by atoms with van der Waals surface area (Å²) in [5.41, 5.74) is 1.85. The lowest BCUT2D eigenvalue weighted by Crippen LogP contribution is -2.26. The third-order valence-corrected chi connectivity index (χ3v) is 5.35. The molecule has 4 nitrogen and oxygen atoms in total. The number of thiophene rings is 1. The highest BCUT2D eigenvalue weighted by molar-refractivity contribution is 7.09. The Bertz CT molecular complexity index is 706. The molecule has 1 aromatic heterocycles. The van der Waals surface area contributed by atoms with Crippen LogP contribution in [0.3, 0.4) is 0 Å². The lowest BCUT2D eigenvalue weighted by Gasteiger charge is -2.15. The molecule has 0 aliphatic heterocycles. The van der Waals surface area contributed by atoms with Gasteiger partial charge in [-0.3, -0.25) is 9.59 Å². The van der Waals surface area contributed by atoms with Gasteiger partial charge in [0.25, 0.3) is 0 Å².